The largest absolute Gasteiger partial charge is 0.417 e. The lowest BCUT2D eigenvalue weighted by molar-refractivity contribution is -0.137. The molecule has 0 saturated carbocycles. The van der Waals surface area contributed by atoms with Crippen molar-refractivity contribution in [1.82, 2.24) is 0 Å². The van der Waals surface area contributed by atoms with Gasteiger partial charge in [-0.3, -0.25) is 0 Å². The molecular weight excluding hydrogens is 277 g/mol. The summed E-state index contributed by atoms with van der Waals surface area (Å²) >= 11 is 0.740. The lowest BCUT2D eigenvalue weighted by Gasteiger charge is -2.02. The van der Waals surface area contributed by atoms with Gasteiger partial charge in [0.1, 0.15) is 0 Å². The molecule has 2 nitrogen and oxygen atoms in total. The Morgan fingerprint density at radius 1 is 1.21 bits per heavy atom. The van der Waals surface area contributed by atoms with Crippen LogP contribution in [0.3, 0.4) is 0 Å². The summed E-state index contributed by atoms with van der Waals surface area (Å²) in [5.41, 5.74) is 0.462. The molecule has 0 N–H and O–H groups in total. The molecule has 0 bridgehead atoms. The van der Waals surface area contributed by atoms with Crippen molar-refractivity contribution < 1.29 is 22.7 Å². The summed E-state index contributed by atoms with van der Waals surface area (Å²) in [6, 6.07) is 7.40. The molecule has 0 aliphatic rings. The van der Waals surface area contributed by atoms with Crippen molar-refractivity contribution in [3.8, 4) is 5.06 Å². The molecule has 0 fully saturated rings. The fourth-order valence-corrected chi connectivity index (χ4v) is 2.12. The number of halogens is 3. The molecule has 0 radical (unpaired) electrons. The number of thiophene rings is 1. The molecular formula is C13H9F3O2S. The van der Waals surface area contributed by atoms with E-state index in [1.165, 1.54) is 0 Å². The molecule has 0 spiro atoms. The van der Waals surface area contributed by atoms with Crippen molar-refractivity contribution in [3.63, 3.8) is 0 Å². The van der Waals surface area contributed by atoms with Gasteiger partial charge in [-0.15, -0.1) is 11.3 Å². The molecule has 2 rings (SSSR count). The molecule has 1 heterocycles. The van der Waals surface area contributed by atoms with Crippen molar-refractivity contribution in [1.29, 1.82) is 0 Å². The van der Waals surface area contributed by atoms with Gasteiger partial charge in [-0.2, -0.15) is 13.2 Å². The minimum Gasteiger partial charge on any atom is -0.412 e. The molecule has 19 heavy (non-hydrogen) atoms. The van der Waals surface area contributed by atoms with Crippen LogP contribution in [0.15, 0.2) is 35.7 Å². The van der Waals surface area contributed by atoms with Crippen molar-refractivity contribution in [3.05, 3.63) is 52.4 Å². The standard InChI is InChI=1S/C13H9F3O2S/c1-8-2-4-9(5-3-8)12(17)18-11-6-10(7-19-11)13(14,15)16/h2-7H,1H3. The van der Waals surface area contributed by atoms with Gasteiger partial charge in [0.15, 0.2) is 5.06 Å². The predicted octanol–water partition coefficient (Wildman–Crippen LogP) is 4.29. The molecule has 0 unspecified atom stereocenters. The zero-order chi connectivity index (χ0) is 14.0. The van der Waals surface area contributed by atoms with Crippen LogP contribution in [0.25, 0.3) is 0 Å². The highest BCUT2D eigenvalue weighted by Gasteiger charge is 2.32. The highest BCUT2D eigenvalue weighted by Crippen LogP contribution is 2.35. The van der Waals surface area contributed by atoms with E-state index in [1.807, 2.05) is 6.92 Å². The van der Waals surface area contributed by atoms with Gasteiger partial charge in [-0.05, 0) is 19.1 Å². The van der Waals surface area contributed by atoms with Crippen LogP contribution in [-0.4, -0.2) is 5.97 Å². The Balaban J connectivity index is 2.11. The second-order valence-corrected chi connectivity index (χ2v) is 4.78. The number of hydrogen-bond donors (Lipinski definition) is 0. The topological polar surface area (TPSA) is 26.3 Å². The highest BCUT2D eigenvalue weighted by molar-refractivity contribution is 7.12. The van der Waals surface area contributed by atoms with Crippen LogP contribution in [0.1, 0.15) is 21.5 Å². The number of carbonyl (C=O) groups excluding carboxylic acids is 1. The second kappa shape index (κ2) is 5.05. The van der Waals surface area contributed by atoms with Crippen LogP contribution in [0, 0.1) is 6.92 Å². The van der Waals surface area contributed by atoms with Gasteiger partial charge in [-0.25, -0.2) is 4.79 Å². The molecule has 100 valence electrons. The number of rotatable bonds is 2. The molecule has 2 aromatic rings. The van der Waals surface area contributed by atoms with E-state index in [0.717, 1.165) is 28.3 Å². The Hall–Kier alpha value is -1.82. The van der Waals surface area contributed by atoms with Crippen molar-refractivity contribution in [2.24, 2.45) is 0 Å². The summed E-state index contributed by atoms with van der Waals surface area (Å²) < 4.78 is 42.0. The monoisotopic (exact) mass is 286 g/mol. The van der Waals surface area contributed by atoms with E-state index in [9.17, 15) is 18.0 Å². The van der Waals surface area contributed by atoms with Crippen LogP contribution in [0.2, 0.25) is 0 Å². The third-order valence-electron chi connectivity index (χ3n) is 2.38. The molecule has 0 atom stereocenters. The summed E-state index contributed by atoms with van der Waals surface area (Å²) in [5, 5.41) is 0.843. The molecule has 0 aliphatic heterocycles. The third kappa shape index (κ3) is 3.35. The van der Waals surface area contributed by atoms with E-state index < -0.39 is 17.7 Å². The third-order valence-corrected chi connectivity index (χ3v) is 3.19. The Labute approximate surface area is 111 Å². The molecule has 1 aromatic heterocycles. The van der Waals surface area contributed by atoms with Gasteiger partial charge in [0.25, 0.3) is 0 Å². The first-order valence-corrected chi connectivity index (χ1v) is 6.19. The van der Waals surface area contributed by atoms with E-state index in [1.54, 1.807) is 24.3 Å². The van der Waals surface area contributed by atoms with Crippen LogP contribution < -0.4 is 4.74 Å². The first-order valence-electron chi connectivity index (χ1n) is 5.31. The van der Waals surface area contributed by atoms with Gasteiger partial charge in [0.05, 0.1) is 11.1 Å². The minimum atomic E-state index is -4.43. The summed E-state index contributed by atoms with van der Waals surface area (Å²) in [6.45, 7) is 1.87. The Morgan fingerprint density at radius 3 is 2.37 bits per heavy atom. The Kier molecular flexibility index (Phi) is 3.61. The van der Waals surface area contributed by atoms with Crippen molar-refractivity contribution >= 4 is 17.3 Å². The van der Waals surface area contributed by atoms with E-state index in [0.29, 0.717) is 5.56 Å². The Bertz CT molecular complexity index is 585. The van der Waals surface area contributed by atoms with Gasteiger partial charge >= 0.3 is 12.1 Å². The molecule has 1 aromatic carbocycles. The second-order valence-electron chi connectivity index (χ2n) is 3.91. The van der Waals surface area contributed by atoms with Gasteiger partial charge < -0.3 is 4.74 Å². The van der Waals surface area contributed by atoms with Crippen LogP contribution in [-0.2, 0) is 6.18 Å². The number of esters is 1. The SMILES string of the molecule is Cc1ccc(C(=O)Oc2cc(C(F)(F)F)cs2)cc1. The fraction of sp³-hybridized carbons (Fsp3) is 0.154. The van der Waals surface area contributed by atoms with E-state index in [4.69, 9.17) is 4.74 Å². The quantitative estimate of drug-likeness (QED) is 0.770. The minimum absolute atomic E-state index is 0.0714. The molecule has 0 saturated heterocycles. The van der Waals surface area contributed by atoms with E-state index in [-0.39, 0.29) is 5.06 Å². The van der Waals surface area contributed by atoms with Crippen molar-refractivity contribution in [2.45, 2.75) is 13.1 Å². The summed E-state index contributed by atoms with van der Waals surface area (Å²) in [4.78, 5) is 11.7. The lowest BCUT2D eigenvalue weighted by atomic mass is 10.1. The Morgan fingerprint density at radius 2 is 1.84 bits per heavy atom. The number of alkyl halides is 3. The molecule has 6 heteroatoms. The average Bonchev–Trinajstić information content (AvgIpc) is 2.78. The van der Waals surface area contributed by atoms with Crippen LogP contribution in [0.5, 0.6) is 5.06 Å². The summed E-state index contributed by atoms with van der Waals surface area (Å²) in [6.07, 6.45) is -4.43. The van der Waals surface area contributed by atoms with Gasteiger partial charge in [0, 0.05) is 11.4 Å². The van der Waals surface area contributed by atoms with Gasteiger partial charge in [-0.1, -0.05) is 17.7 Å². The number of benzene rings is 1. The number of carbonyl (C=O) groups is 1. The lowest BCUT2D eigenvalue weighted by Crippen LogP contribution is -2.07. The maximum absolute atomic E-state index is 12.4. The first kappa shape index (κ1) is 13.6. The maximum atomic E-state index is 12.4. The number of hydrogen-bond acceptors (Lipinski definition) is 3. The zero-order valence-corrected chi connectivity index (χ0v) is 10.6. The summed E-state index contributed by atoms with van der Waals surface area (Å²) in [5.74, 6) is -0.671. The molecule has 0 aliphatic carbocycles. The van der Waals surface area contributed by atoms with E-state index >= 15 is 0 Å². The summed E-state index contributed by atoms with van der Waals surface area (Å²) in [7, 11) is 0. The zero-order valence-electron chi connectivity index (χ0n) is 9.82. The normalized spacial score (nSPS) is 11.4. The molecule has 0 amide bonds. The highest BCUT2D eigenvalue weighted by atomic mass is 32.1. The maximum Gasteiger partial charge on any atom is 0.417 e. The van der Waals surface area contributed by atoms with Crippen LogP contribution >= 0.6 is 11.3 Å². The number of ether oxygens (including phenoxy) is 1. The predicted molar refractivity (Wildman–Crippen MR) is 65.5 cm³/mol. The van der Waals surface area contributed by atoms with Crippen molar-refractivity contribution in [2.75, 3.05) is 0 Å². The average molecular weight is 286 g/mol. The van der Waals surface area contributed by atoms with Crippen LogP contribution in [0.4, 0.5) is 13.2 Å². The van der Waals surface area contributed by atoms with Gasteiger partial charge in [0.2, 0.25) is 0 Å². The first-order chi connectivity index (χ1) is 8.86. The number of aryl methyl sites for hydroxylation is 1. The smallest absolute Gasteiger partial charge is 0.412 e. The fourth-order valence-electron chi connectivity index (χ4n) is 1.36. The van der Waals surface area contributed by atoms with E-state index in [2.05, 4.69) is 0 Å².